The molecule has 0 saturated carbocycles. The molecule has 20 heavy (non-hydrogen) atoms. The van der Waals surface area contributed by atoms with Gasteiger partial charge in [0.2, 0.25) is 0 Å². The van der Waals surface area contributed by atoms with Crippen molar-refractivity contribution in [1.29, 1.82) is 0 Å². The molecule has 0 aliphatic carbocycles. The molecule has 2 N–H and O–H groups in total. The highest BCUT2D eigenvalue weighted by Gasteiger charge is 2.31. The van der Waals surface area contributed by atoms with Crippen LogP contribution >= 0.6 is 0 Å². The molecule has 3 rings (SSSR count). The van der Waals surface area contributed by atoms with Crippen molar-refractivity contribution in [2.24, 2.45) is 5.73 Å². The minimum absolute atomic E-state index is 0.142. The van der Waals surface area contributed by atoms with Crippen molar-refractivity contribution >= 4 is 0 Å². The molecule has 3 heteroatoms. The van der Waals surface area contributed by atoms with Gasteiger partial charge in [-0.05, 0) is 44.4 Å². The van der Waals surface area contributed by atoms with E-state index in [-0.39, 0.29) is 6.04 Å². The van der Waals surface area contributed by atoms with Gasteiger partial charge in [-0.15, -0.1) is 0 Å². The second kappa shape index (κ2) is 5.84. The molecule has 2 aliphatic heterocycles. The molecule has 2 aliphatic rings. The van der Waals surface area contributed by atoms with Crippen LogP contribution in [0.3, 0.4) is 0 Å². The molecule has 0 radical (unpaired) electrons. The van der Waals surface area contributed by atoms with Crippen LogP contribution in [-0.2, 0) is 0 Å². The Labute approximate surface area is 122 Å². The first-order valence-electron chi connectivity index (χ1n) is 7.92. The summed E-state index contributed by atoms with van der Waals surface area (Å²) in [5.74, 6) is 0. The number of piperazine rings is 1. The Morgan fingerprint density at radius 2 is 2.10 bits per heavy atom. The predicted octanol–water partition coefficient (Wildman–Crippen LogP) is 2.08. The molecular formula is C17H27N3. The number of benzene rings is 1. The average molecular weight is 273 g/mol. The first kappa shape index (κ1) is 14.1. The van der Waals surface area contributed by atoms with E-state index < -0.39 is 0 Å². The molecule has 0 bridgehead atoms. The molecule has 2 unspecified atom stereocenters. The van der Waals surface area contributed by atoms with Gasteiger partial charge in [-0.2, -0.15) is 0 Å². The van der Waals surface area contributed by atoms with E-state index >= 15 is 0 Å². The lowest BCUT2D eigenvalue weighted by molar-refractivity contribution is 0.0998. The van der Waals surface area contributed by atoms with Gasteiger partial charge < -0.3 is 5.73 Å². The Morgan fingerprint density at radius 3 is 2.90 bits per heavy atom. The Balaban J connectivity index is 1.62. The first-order chi connectivity index (χ1) is 9.63. The molecule has 0 amide bonds. The Morgan fingerprint density at radius 1 is 1.25 bits per heavy atom. The third-order valence-electron chi connectivity index (χ3n) is 4.95. The summed E-state index contributed by atoms with van der Waals surface area (Å²) >= 11 is 0. The van der Waals surface area contributed by atoms with Gasteiger partial charge in [0, 0.05) is 38.3 Å². The molecule has 0 aromatic heterocycles. The van der Waals surface area contributed by atoms with Gasteiger partial charge in [0.05, 0.1) is 0 Å². The van der Waals surface area contributed by atoms with Crippen molar-refractivity contribution in [3.05, 3.63) is 34.9 Å². The summed E-state index contributed by atoms with van der Waals surface area (Å²) in [5, 5.41) is 0. The molecule has 2 heterocycles. The van der Waals surface area contributed by atoms with E-state index in [2.05, 4.69) is 41.8 Å². The van der Waals surface area contributed by atoms with E-state index in [0.717, 1.165) is 12.6 Å². The maximum absolute atomic E-state index is 6.46. The van der Waals surface area contributed by atoms with Gasteiger partial charge in [-0.3, -0.25) is 9.80 Å². The summed E-state index contributed by atoms with van der Waals surface area (Å²) in [7, 11) is 0. The van der Waals surface area contributed by atoms with Gasteiger partial charge in [0.15, 0.2) is 0 Å². The van der Waals surface area contributed by atoms with Crippen LogP contribution in [0.25, 0.3) is 0 Å². The average Bonchev–Trinajstić information content (AvgIpc) is 2.85. The molecule has 2 fully saturated rings. The maximum Gasteiger partial charge on any atom is 0.0426 e. The molecule has 0 spiro atoms. The predicted molar refractivity (Wildman–Crippen MR) is 83.9 cm³/mol. The minimum Gasteiger partial charge on any atom is -0.323 e. The molecule has 3 nitrogen and oxygen atoms in total. The molecule has 2 saturated heterocycles. The number of rotatable bonds is 3. The highest BCUT2D eigenvalue weighted by molar-refractivity contribution is 5.32. The van der Waals surface area contributed by atoms with Crippen molar-refractivity contribution in [1.82, 2.24) is 9.80 Å². The summed E-state index contributed by atoms with van der Waals surface area (Å²) in [4.78, 5) is 5.22. The van der Waals surface area contributed by atoms with Crippen LogP contribution in [0.5, 0.6) is 0 Å². The lowest BCUT2D eigenvalue weighted by atomic mass is 9.99. The monoisotopic (exact) mass is 273 g/mol. The van der Waals surface area contributed by atoms with Crippen LogP contribution < -0.4 is 5.73 Å². The van der Waals surface area contributed by atoms with Crippen molar-refractivity contribution in [2.45, 2.75) is 38.8 Å². The molecule has 2 atom stereocenters. The zero-order valence-electron chi connectivity index (χ0n) is 12.8. The summed E-state index contributed by atoms with van der Waals surface area (Å²) in [6.45, 7) is 10.2. The van der Waals surface area contributed by atoms with Gasteiger partial charge in [0.25, 0.3) is 0 Å². The van der Waals surface area contributed by atoms with E-state index in [1.807, 2.05) is 0 Å². The fourth-order valence-corrected chi connectivity index (χ4v) is 3.84. The fourth-order valence-electron chi connectivity index (χ4n) is 3.84. The minimum atomic E-state index is 0.142. The summed E-state index contributed by atoms with van der Waals surface area (Å²) in [6, 6.07) is 7.56. The second-order valence-electron chi connectivity index (χ2n) is 6.56. The molecule has 1 aromatic rings. The quantitative estimate of drug-likeness (QED) is 0.915. The Bertz CT molecular complexity index is 471. The normalized spacial score (nSPS) is 25.6. The van der Waals surface area contributed by atoms with Gasteiger partial charge in [-0.25, -0.2) is 0 Å². The topological polar surface area (TPSA) is 32.5 Å². The van der Waals surface area contributed by atoms with Crippen LogP contribution in [-0.4, -0.2) is 48.6 Å². The van der Waals surface area contributed by atoms with E-state index in [1.54, 1.807) is 0 Å². The summed E-state index contributed by atoms with van der Waals surface area (Å²) < 4.78 is 0. The van der Waals surface area contributed by atoms with Crippen LogP contribution in [0.2, 0.25) is 0 Å². The van der Waals surface area contributed by atoms with Crippen LogP contribution in [0.4, 0.5) is 0 Å². The summed E-state index contributed by atoms with van der Waals surface area (Å²) in [6.07, 6.45) is 2.75. The number of nitrogens with two attached hydrogens (primary N) is 1. The van der Waals surface area contributed by atoms with E-state index in [4.69, 9.17) is 5.73 Å². The first-order valence-corrected chi connectivity index (χ1v) is 7.92. The van der Waals surface area contributed by atoms with Gasteiger partial charge in [0.1, 0.15) is 0 Å². The SMILES string of the molecule is Cc1ccc(C(N)CN2CCN3CCCC3C2)c(C)c1. The number of fused-ring (bicyclic) bond motifs is 1. The zero-order valence-corrected chi connectivity index (χ0v) is 12.8. The lowest BCUT2D eigenvalue weighted by Crippen LogP contribution is -2.51. The van der Waals surface area contributed by atoms with Gasteiger partial charge >= 0.3 is 0 Å². The van der Waals surface area contributed by atoms with Crippen molar-refractivity contribution in [2.75, 3.05) is 32.7 Å². The third kappa shape index (κ3) is 2.90. The van der Waals surface area contributed by atoms with E-state index in [0.29, 0.717) is 0 Å². The van der Waals surface area contributed by atoms with E-state index in [9.17, 15) is 0 Å². The van der Waals surface area contributed by atoms with Crippen molar-refractivity contribution in [3.63, 3.8) is 0 Å². The molecule has 1 aromatic carbocycles. The molecular weight excluding hydrogens is 246 g/mol. The van der Waals surface area contributed by atoms with Gasteiger partial charge in [-0.1, -0.05) is 23.8 Å². The summed E-state index contributed by atoms with van der Waals surface area (Å²) in [5.41, 5.74) is 10.4. The number of hydrogen-bond donors (Lipinski definition) is 1. The highest BCUT2D eigenvalue weighted by atomic mass is 15.3. The fraction of sp³-hybridized carbons (Fsp3) is 0.647. The van der Waals surface area contributed by atoms with Crippen LogP contribution in [0.15, 0.2) is 18.2 Å². The lowest BCUT2D eigenvalue weighted by Gasteiger charge is -2.38. The van der Waals surface area contributed by atoms with Crippen LogP contribution in [0.1, 0.15) is 35.6 Å². The van der Waals surface area contributed by atoms with Crippen LogP contribution in [0, 0.1) is 13.8 Å². The third-order valence-corrected chi connectivity index (χ3v) is 4.95. The number of nitrogens with zero attached hydrogens (tertiary/aromatic N) is 2. The zero-order chi connectivity index (χ0) is 14.1. The Hall–Kier alpha value is -0.900. The van der Waals surface area contributed by atoms with E-state index in [1.165, 1.54) is 55.7 Å². The smallest absolute Gasteiger partial charge is 0.0426 e. The van der Waals surface area contributed by atoms with Crippen molar-refractivity contribution < 1.29 is 0 Å². The number of hydrogen-bond acceptors (Lipinski definition) is 3. The largest absolute Gasteiger partial charge is 0.323 e. The maximum atomic E-state index is 6.46. The molecule has 110 valence electrons. The highest BCUT2D eigenvalue weighted by Crippen LogP contribution is 2.24. The van der Waals surface area contributed by atoms with Crippen molar-refractivity contribution in [3.8, 4) is 0 Å². The second-order valence-corrected chi connectivity index (χ2v) is 6.56. The standard InChI is InChI=1S/C17H27N3/c1-13-5-6-16(14(2)10-13)17(18)12-19-8-9-20-7-3-4-15(20)11-19/h5-6,10,15,17H,3-4,7-9,11-12,18H2,1-2H3. The Kier molecular flexibility index (Phi) is 4.11. The number of aryl methyl sites for hydroxylation is 2.